The number of rotatable bonds is 4. The van der Waals surface area contributed by atoms with E-state index >= 15 is 0 Å². The summed E-state index contributed by atoms with van der Waals surface area (Å²) < 4.78 is 44.9. The highest BCUT2D eigenvalue weighted by Gasteiger charge is 2.28. The molecule has 0 bridgehead atoms. The average molecular weight is 446 g/mol. The van der Waals surface area contributed by atoms with Crippen molar-refractivity contribution < 1.29 is 23.4 Å². The number of fused-ring (bicyclic) bond motifs is 1. The number of aliphatic hydroxyl groups excluding tert-OH is 1. The topological polar surface area (TPSA) is 79.4 Å². The molecule has 0 spiro atoms. The van der Waals surface area contributed by atoms with Gasteiger partial charge in [0.05, 0.1) is 15.1 Å². The van der Waals surface area contributed by atoms with Crippen molar-refractivity contribution in [3.63, 3.8) is 0 Å². The van der Waals surface area contributed by atoms with Gasteiger partial charge in [0, 0.05) is 16.7 Å². The predicted molar refractivity (Wildman–Crippen MR) is 113 cm³/mol. The Morgan fingerprint density at radius 3 is 2.43 bits per heavy atom. The number of aliphatic hydroxyl groups is 1. The molecule has 0 aliphatic carbocycles. The summed E-state index contributed by atoms with van der Waals surface area (Å²) in [4.78, 5) is 3.76. The molecule has 0 radical (unpaired) electrons. The number of nitrogens with zero attached hydrogens (tertiary/aromatic N) is 1. The summed E-state index contributed by atoms with van der Waals surface area (Å²) in [6.45, 7) is 0. The monoisotopic (exact) mass is 446 g/mol. The number of thiazole rings is 1. The van der Waals surface area contributed by atoms with Gasteiger partial charge < -0.3 is 15.9 Å². The zero-order valence-corrected chi connectivity index (χ0v) is 16.7. The van der Waals surface area contributed by atoms with Gasteiger partial charge in [0.2, 0.25) is 0 Å². The first-order chi connectivity index (χ1) is 14.4. The van der Waals surface area contributed by atoms with Crippen molar-refractivity contribution in [2.75, 3.05) is 5.73 Å². The third kappa shape index (κ3) is 3.57. The fourth-order valence-corrected chi connectivity index (χ4v) is 4.60. The van der Waals surface area contributed by atoms with Gasteiger partial charge >= 0.3 is 0 Å². The van der Waals surface area contributed by atoms with Gasteiger partial charge in [-0.25, -0.2) is 18.2 Å². The normalized spacial score (nSPS) is 11.9. The van der Waals surface area contributed by atoms with E-state index in [1.807, 2.05) is 0 Å². The molecule has 0 unspecified atom stereocenters. The molecule has 0 aliphatic rings. The van der Waals surface area contributed by atoms with Gasteiger partial charge in [-0.15, -0.1) is 11.3 Å². The molecular formula is C21H13F3N2O2S2. The van der Waals surface area contributed by atoms with Crippen LogP contribution in [0.5, 0.6) is 5.75 Å². The highest BCUT2D eigenvalue weighted by Crippen LogP contribution is 2.42. The highest BCUT2D eigenvalue weighted by atomic mass is 32.2. The molecule has 4 nitrogen and oxygen atoms in total. The number of nitrogens with two attached hydrogens (primary N) is 1. The van der Waals surface area contributed by atoms with Crippen LogP contribution in [0.15, 0.2) is 58.3 Å². The van der Waals surface area contributed by atoms with E-state index in [1.54, 1.807) is 36.4 Å². The second kappa shape index (κ2) is 7.92. The van der Waals surface area contributed by atoms with Crippen LogP contribution in [0.3, 0.4) is 0 Å². The van der Waals surface area contributed by atoms with Crippen LogP contribution in [-0.4, -0.2) is 15.2 Å². The van der Waals surface area contributed by atoms with E-state index < -0.39 is 39.4 Å². The number of aromatic nitrogens is 1. The Morgan fingerprint density at radius 2 is 1.70 bits per heavy atom. The van der Waals surface area contributed by atoms with Crippen molar-refractivity contribution in [1.82, 2.24) is 4.98 Å². The highest BCUT2D eigenvalue weighted by molar-refractivity contribution is 7.99. The van der Waals surface area contributed by atoms with Gasteiger partial charge in [0.1, 0.15) is 16.3 Å². The lowest BCUT2D eigenvalue weighted by molar-refractivity contribution is 0.386. The number of hydrogen-bond donors (Lipinski definition) is 3. The minimum atomic E-state index is -1.58. The number of anilines is 1. The first-order valence-corrected chi connectivity index (χ1v) is 10.2. The molecule has 9 heteroatoms. The Hall–Kier alpha value is -3.17. The number of aromatic hydroxyl groups is 1. The Morgan fingerprint density at radius 1 is 1.00 bits per heavy atom. The molecule has 152 valence electrons. The molecule has 1 heterocycles. The van der Waals surface area contributed by atoms with Crippen LogP contribution in [0, 0.1) is 17.5 Å². The molecule has 0 saturated heterocycles. The van der Waals surface area contributed by atoms with Crippen LogP contribution in [-0.2, 0) is 0 Å². The van der Waals surface area contributed by atoms with E-state index in [2.05, 4.69) is 4.98 Å². The minimum absolute atomic E-state index is 0.240. The van der Waals surface area contributed by atoms with Crippen molar-refractivity contribution in [3.05, 3.63) is 76.6 Å². The molecule has 0 fully saturated rings. The first kappa shape index (κ1) is 20.1. The Kier molecular flexibility index (Phi) is 5.31. The van der Waals surface area contributed by atoms with Crippen molar-refractivity contribution >= 4 is 50.8 Å². The van der Waals surface area contributed by atoms with E-state index in [4.69, 9.17) is 5.73 Å². The van der Waals surface area contributed by atoms with Crippen LogP contribution in [0.2, 0.25) is 0 Å². The zero-order chi connectivity index (χ0) is 21.4. The predicted octanol–water partition coefficient (Wildman–Crippen LogP) is 6.21. The number of benzene rings is 3. The van der Waals surface area contributed by atoms with Crippen LogP contribution < -0.4 is 5.73 Å². The summed E-state index contributed by atoms with van der Waals surface area (Å²) in [6, 6.07) is 13.4. The van der Waals surface area contributed by atoms with E-state index in [-0.39, 0.29) is 15.6 Å². The van der Waals surface area contributed by atoms with Gasteiger partial charge in [-0.2, -0.15) is 0 Å². The van der Waals surface area contributed by atoms with Gasteiger partial charge in [0.25, 0.3) is 0 Å². The number of para-hydroxylation sites is 2. The Labute approximate surface area is 177 Å². The van der Waals surface area contributed by atoms with Gasteiger partial charge in [-0.1, -0.05) is 36.0 Å². The third-order valence-corrected chi connectivity index (χ3v) is 6.35. The minimum Gasteiger partial charge on any atom is -0.507 e. The summed E-state index contributed by atoms with van der Waals surface area (Å²) >= 11 is 1.73. The maximum absolute atomic E-state index is 14.7. The molecule has 1 aromatic heterocycles. The summed E-state index contributed by atoms with van der Waals surface area (Å²) in [5.41, 5.74) is 5.68. The molecule has 3 aromatic carbocycles. The summed E-state index contributed by atoms with van der Waals surface area (Å²) in [5.74, 6) is -6.58. The maximum Gasteiger partial charge on any atom is 0.182 e. The van der Waals surface area contributed by atoms with E-state index in [0.29, 0.717) is 17.3 Å². The van der Waals surface area contributed by atoms with Crippen LogP contribution in [0.1, 0.15) is 10.6 Å². The molecular weight excluding hydrogens is 433 g/mol. The number of phenols is 1. The van der Waals surface area contributed by atoms with Crippen molar-refractivity contribution in [2.45, 2.75) is 9.79 Å². The maximum atomic E-state index is 14.7. The fourth-order valence-electron chi connectivity index (χ4n) is 2.77. The van der Waals surface area contributed by atoms with Crippen molar-refractivity contribution in [3.8, 4) is 5.75 Å². The number of hydrogen-bond acceptors (Lipinski definition) is 6. The standard InChI is InChI=1S/C21H13F3N2O2S2/c22-17-16(12(27)9-15-26-11-6-2-4-8-14(11)29-15)20(28)19(24)21(18(17)23)30-13-7-3-1-5-10(13)25/h1-9,27-28H,25H2/b12-9-. The second-order valence-electron chi connectivity index (χ2n) is 6.18. The van der Waals surface area contributed by atoms with E-state index in [1.165, 1.54) is 23.5 Å². The SMILES string of the molecule is Nc1ccccc1Sc1c(F)c(O)c(/C(O)=C/c2nc3ccccc3s2)c(F)c1F. The molecule has 0 atom stereocenters. The second-order valence-corrected chi connectivity index (χ2v) is 8.30. The van der Waals surface area contributed by atoms with E-state index in [0.717, 1.165) is 10.8 Å². The summed E-state index contributed by atoms with van der Waals surface area (Å²) in [5, 5.41) is 20.8. The summed E-state index contributed by atoms with van der Waals surface area (Å²) in [6.07, 6.45) is 1.05. The molecule has 0 saturated carbocycles. The van der Waals surface area contributed by atoms with Gasteiger partial charge in [-0.05, 0) is 24.3 Å². The van der Waals surface area contributed by atoms with Gasteiger partial charge in [0.15, 0.2) is 23.2 Å². The lowest BCUT2D eigenvalue weighted by atomic mass is 10.1. The quantitative estimate of drug-likeness (QED) is 0.197. The van der Waals surface area contributed by atoms with Gasteiger partial charge in [-0.3, -0.25) is 0 Å². The first-order valence-electron chi connectivity index (χ1n) is 8.55. The molecule has 0 aliphatic heterocycles. The fraction of sp³-hybridized carbons (Fsp3) is 0. The molecule has 30 heavy (non-hydrogen) atoms. The Bertz CT molecular complexity index is 1240. The number of nitrogen functional groups attached to an aromatic ring is 1. The molecule has 4 aromatic rings. The summed E-state index contributed by atoms with van der Waals surface area (Å²) in [7, 11) is 0. The molecule has 4 rings (SSSR count). The van der Waals surface area contributed by atoms with E-state index in [9.17, 15) is 23.4 Å². The molecule has 0 amide bonds. The van der Waals surface area contributed by atoms with Crippen molar-refractivity contribution in [2.24, 2.45) is 0 Å². The van der Waals surface area contributed by atoms with Crippen molar-refractivity contribution in [1.29, 1.82) is 0 Å². The Balaban J connectivity index is 1.78. The average Bonchev–Trinajstić information content (AvgIpc) is 3.13. The number of halogens is 3. The van der Waals surface area contributed by atoms with Crippen LogP contribution in [0.25, 0.3) is 22.1 Å². The largest absolute Gasteiger partial charge is 0.507 e. The van der Waals surface area contributed by atoms with Crippen LogP contribution in [0.4, 0.5) is 18.9 Å². The van der Waals surface area contributed by atoms with Crippen LogP contribution >= 0.6 is 23.1 Å². The lowest BCUT2D eigenvalue weighted by Crippen LogP contribution is -2.01. The number of phenolic OH excluding ortho intramolecular Hbond substituents is 1. The zero-order valence-electron chi connectivity index (χ0n) is 15.1. The third-order valence-electron chi connectivity index (χ3n) is 4.21. The smallest absolute Gasteiger partial charge is 0.182 e. The molecule has 4 N–H and O–H groups in total. The lowest BCUT2D eigenvalue weighted by Gasteiger charge is -2.13.